The highest BCUT2D eigenvalue weighted by molar-refractivity contribution is 4.52. The second-order valence-electron chi connectivity index (χ2n) is 9.13. The van der Waals surface area contributed by atoms with Gasteiger partial charge < -0.3 is 10.8 Å². The Morgan fingerprint density at radius 2 is 0.643 bits per heavy atom. The van der Waals surface area contributed by atoms with Crippen LogP contribution in [0.25, 0.3) is 0 Å². The minimum absolute atomic E-state index is 0.602. The quantitative estimate of drug-likeness (QED) is 0.126. The molecular weight excluding hydrogens is 342 g/mol. The average molecular weight is 398 g/mol. The first-order valence-corrected chi connectivity index (χ1v) is 13.2. The first-order chi connectivity index (χ1) is 13.8. The lowest BCUT2D eigenvalue weighted by Crippen LogP contribution is -2.17. The number of aliphatic hydroxyl groups is 1. The van der Waals surface area contributed by atoms with Gasteiger partial charge in [0.15, 0.2) is 0 Å². The van der Waals surface area contributed by atoms with E-state index in [2.05, 4.69) is 6.92 Å². The van der Waals surface area contributed by atoms with Crippen LogP contribution >= 0.6 is 0 Å². The van der Waals surface area contributed by atoms with Crippen LogP contribution in [0.4, 0.5) is 0 Å². The van der Waals surface area contributed by atoms with Crippen LogP contribution in [-0.2, 0) is 0 Å². The molecule has 1 unspecified atom stereocenters. The van der Waals surface area contributed by atoms with Gasteiger partial charge in [0.25, 0.3) is 0 Å². The van der Waals surface area contributed by atoms with Crippen LogP contribution < -0.4 is 5.73 Å². The molecule has 28 heavy (non-hydrogen) atoms. The summed E-state index contributed by atoms with van der Waals surface area (Å²) in [5.41, 5.74) is 5.34. The van der Waals surface area contributed by atoms with Gasteiger partial charge in [-0.25, -0.2) is 0 Å². The van der Waals surface area contributed by atoms with Crippen molar-refractivity contribution in [3.63, 3.8) is 0 Å². The molecule has 0 saturated carbocycles. The zero-order valence-electron chi connectivity index (χ0n) is 19.6. The Balaban J connectivity index is 2.98. The second-order valence-corrected chi connectivity index (χ2v) is 9.13. The summed E-state index contributed by atoms with van der Waals surface area (Å²) in [6.07, 6.45) is 32.7. The third-order valence-corrected chi connectivity index (χ3v) is 6.10. The summed E-state index contributed by atoms with van der Waals surface area (Å²) in [5, 5.41) is 9.00. The average Bonchev–Trinajstić information content (AvgIpc) is 2.68. The van der Waals surface area contributed by atoms with Gasteiger partial charge in [-0.2, -0.15) is 0 Å². The Morgan fingerprint density at radius 3 is 0.857 bits per heavy atom. The van der Waals surface area contributed by atoms with E-state index in [9.17, 15) is 0 Å². The Hall–Kier alpha value is -0.0800. The van der Waals surface area contributed by atoms with Gasteiger partial charge in [0, 0.05) is 0 Å². The predicted octanol–water partition coefficient (Wildman–Crippen LogP) is 8.65. The van der Waals surface area contributed by atoms with Crippen molar-refractivity contribution in [2.45, 2.75) is 167 Å². The van der Waals surface area contributed by atoms with Crippen molar-refractivity contribution >= 4 is 0 Å². The van der Waals surface area contributed by atoms with Gasteiger partial charge in [-0.1, -0.05) is 148 Å². The summed E-state index contributed by atoms with van der Waals surface area (Å²) in [6, 6.07) is 0. The van der Waals surface area contributed by atoms with E-state index >= 15 is 0 Å². The molecule has 0 aliphatic carbocycles. The number of rotatable bonds is 24. The van der Waals surface area contributed by atoms with E-state index in [0.717, 1.165) is 12.8 Å². The standard InChI is InChI=1S/C26H55NO/c1-2-3-4-5-6-7-8-9-10-11-12-13-14-15-16-17-18-19-20-21-22-23-24-25-26(27)28/h26,28H,2-25,27H2,1H3. The number of hydrogen-bond donors (Lipinski definition) is 2. The molecule has 3 N–H and O–H groups in total. The zero-order chi connectivity index (χ0) is 20.5. The molecule has 0 aromatic rings. The molecule has 1 atom stereocenters. The van der Waals surface area contributed by atoms with Crippen molar-refractivity contribution in [2.75, 3.05) is 0 Å². The van der Waals surface area contributed by atoms with Crippen LogP contribution in [0.3, 0.4) is 0 Å². The summed E-state index contributed by atoms with van der Waals surface area (Å²) in [6.45, 7) is 2.30. The fourth-order valence-electron chi connectivity index (χ4n) is 4.14. The van der Waals surface area contributed by atoms with Crippen molar-refractivity contribution in [3.05, 3.63) is 0 Å². The Kier molecular flexibility index (Phi) is 24.9. The van der Waals surface area contributed by atoms with E-state index in [0.29, 0.717) is 0 Å². The SMILES string of the molecule is CCCCCCCCCCCCCCCCCCCCCCCCCC(N)O. The molecular formula is C26H55NO. The van der Waals surface area contributed by atoms with Gasteiger partial charge in [0.05, 0.1) is 0 Å². The highest BCUT2D eigenvalue weighted by Gasteiger charge is 1.97. The molecule has 170 valence electrons. The summed E-state index contributed by atoms with van der Waals surface area (Å²) in [7, 11) is 0. The molecule has 0 amide bonds. The summed E-state index contributed by atoms with van der Waals surface area (Å²) in [5.74, 6) is 0. The van der Waals surface area contributed by atoms with Gasteiger partial charge >= 0.3 is 0 Å². The minimum Gasteiger partial charge on any atom is -0.379 e. The van der Waals surface area contributed by atoms with Gasteiger partial charge in [-0.15, -0.1) is 0 Å². The maximum Gasteiger partial charge on any atom is 0.102 e. The molecule has 0 fully saturated rings. The number of hydrogen-bond acceptors (Lipinski definition) is 2. The Morgan fingerprint density at radius 1 is 0.429 bits per heavy atom. The van der Waals surface area contributed by atoms with E-state index in [4.69, 9.17) is 10.8 Å². The molecule has 0 bridgehead atoms. The van der Waals surface area contributed by atoms with E-state index in [1.165, 1.54) is 141 Å². The lowest BCUT2D eigenvalue weighted by molar-refractivity contribution is 0.168. The largest absolute Gasteiger partial charge is 0.379 e. The normalized spacial score (nSPS) is 12.5. The van der Waals surface area contributed by atoms with Gasteiger partial charge in [-0.3, -0.25) is 0 Å². The van der Waals surface area contributed by atoms with Crippen molar-refractivity contribution in [3.8, 4) is 0 Å². The van der Waals surface area contributed by atoms with E-state index in [-0.39, 0.29) is 0 Å². The molecule has 0 saturated heterocycles. The highest BCUT2D eigenvalue weighted by atomic mass is 16.3. The van der Waals surface area contributed by atoms with Crippen molar-refractivity contribution in [2.24, 2.45) is 5.73 Å². The van der Waals surface area contributed by atoms with Gasteiger partial charge in [0.1, 0.15) is 6.23 Å². The van der Waals surface area contributed by atoms with Crippen LogP contribution in [-0.4, -0.2) is 11.3 Å². The van der Waals surface area contributed by atoms with Crippen LogP contribution in [0.15, 0.2) is 0 Å². The zero-order valence-corrected chi connectivity index (χ0v) is 19.6. The van der Waals surface area contributed by atoms with Crippen LogP contribution in [0.5, 0.6) is 0 Å². The minimum atomic E-state index is -0.602. The number of nitrogens with two attached hydrogens (primary N) is 1. The van der Waals surface area contributed by atoms with Crippen LogP contribution in [0.1, 0.15) is 161 Å². The lowest BCUT2D eigenvalue weighted by atomic mass is 10.0. The fraction of sp³-hybridized carbons (Fsp3) is 1.00. The summed E-state index contributed by atoms with van der Waals surface area (Å²) >= 11 is 0. The second kappa shape index (κ2) is 25.0. The maximum absolute atomic E-state index is 9.00. The predicted molar refractivity (Wildman–Crippen MR) is 127 cm³/mol. The van der Waals surface area contributed by atoms with Crippen molar-refractivity contribution < 1.29 is 5.11 Å². The summed E-state index contributed by atoms with van der Waals surface area (Å²) in [4.78, 5) is 0. The third-order valence-electron chi connectivity index (χ3n) is 6.10. The molecule has 0 heterocycles. The van der Waals surface area contributed by atoms with E-state index in [1.54, 1.807) is 0 Å². The molecule has 0 rings (SSSR count). The highest BCUT2D eigenvalue weighted by Crippen LogP contribution is 2.15. The molecule has 0 spiro atoms. The lowest BCUT2D eigenvalue weighted by Gasteiger charge is -2.05. The van der Waals surface area contributed by atoms with Crippen LogP contribution in [0.2, 0.25) is 0 Å². The monoisotopic (exact) mass is 397 g/mol. The molecule has 2 heteroatoms. The molecule has 0 radical (unpaired) electrons. The Labute approximate surface area is 178 Å². The third kappa shape index (κ3) is 25.9. The van der Waals surface area contributed by atoms with Crippen LogP contribution in [0, 0.1) is 0 Å². The number of unbranched alkanes of at least 4 members (excludes halogenated alkanes) is 22. The van der Waals surface area contributed by atoms with E-state index in [1.807, 2.05) is 0 Å². The first-order valence-electron chi connectivity index (χ1n) is 13.2. The number of aliphatic hydroxyl groups excluding tert-OH is 1. The molecule has 0 aliphatic heterocycles. The maximum atomic E-state index is 9.00. The van der Waals surface area contributed by atoms with E-state index < -0.39 is 6.23 Å². The fourth-order valence-corrected chi connectivity index (χ4v) is 4.14. The molecule has 0 aliphatic rings. The van der Waals surface area contributed by atoms with Gasteiger partial charge in [0.2, 0.25) is 0 Å². The van der Waals surface area contributed by atoms with Crippen molar-refractivity contribution in [1.29, 1.82) is 0 Å². The first kappa shape index (κ1) is 27.9. The molecule has 0 aromatic heterocycles. The topological polar surface area (TPSA) is 46.2 Å². The van der Waals surface area contributed by atoms with Crippen molar-refractivity contribution in [1.82, 2.24) is 0 Å². The Bertz CT molecular complexity index is 267. The molecule has 0 aromatic carbocycles. The summed E-state index contributed by atoms with van der Waals surface area (Å²) < 4.78 is 0. The smallest absolute Gasteiger partial charge is 0.102 e. The molecule has 2 nitrogen and oxygen atoms in total. The van der Waals surface area contributed by atoms with Gasteiger partial charge in [-0.05, 0) is 12.8 Å².